The van der Waals surface area contributed by atoms with Gasteiger partial charge in [0, 0.05) is 30.1 Å². The van der Waals surface area contributed by atoms with Crippen LogP contribution in [-0.4, -0.2) is 23.9 Å². The van der Waals surface area contributed by atoms with Crippen molar-refractivity contribution >= 4 is 17.2 Å². The first kappa shape index (κ1) is 17.0. The van der Waals surface area contributed by atoms with E-state index in [0.717, 1.165) is 19.5 Å². The zero-order valence-electron chi connectivity index (χ0n) is 14.6. The van der Waals surface area contributed by atoms with E-state index in [2.05, 4.69) is 52.0 Å². The molecule has 1 aliphatic heterocycles. The maximum absolute atomic E-state index is 12.5. The van der Waals surface area contributed by atoms with E-state index in [4.69, 9.17) is 0 Å². The highest BCUT2D eigenvalue weighted by atomic mass is 32.1. The summed E-state index contributed by atoms with van der Waals surface area (Å²) < 4.78 is 0. The Morgan fingerprint density at radius 2 is 1.77 bits per heavy atom. The second-order valence-electron chi connectivity index (χ2n) is 6.60. The van der Waals surface area contributed by atoms with Gasteiger partial charge in [-0.25, -0.2) is 0 Å². The summed E-state index contributed by atoms with van der Waals surface area (Å²) in [6.45, 7) is 2.57. The SMILES string of the molecule is O=C(NC[C@@H](c1cccs1)N1CCc2ccccc2C1)c1ccccc1. The van der Waals surface area contributed by atoms with Crippen molar-refractivity contribution in [2.24, 2.45) is 0 Å². The van der Waals surface area contributed by atoms with Gasteiger partial charge in [-0.15, -0.1) is 11.3 Å². The molecule has 1 atom stereocenters. The fourth-order valence-electron chi connectivity index (χ4n) is 3.56. The van der Waals surface area contributed by atoms with Crippen LogP contribution in [0.3, 0.4) is 0 Å². The van der Waals surface area contributed by atoms with Gasteiger partial charge in [-0.05, 0) is 41.1 Å². The third-order valence-electron chi connectivity index (χ3n) is 4.96. The number of amides is 1. The zero-order chi connectivity index (χ0) is 17.8. The molecule has 0 unspecified atom stereocenters. The van der Waals surface area contributed by atoms with Gasteiger partial charge in [0.2, 0.25) is 0 Å². The molecule has 0 saturated heterocycles. The van der Waals surface area contributed by atoms with Crippen LogP contribution in [0, 0.1) is 0 Å². The quantitative estimate of drug-likeness (QED) is 0.735. The minimum absolute atomic E-state index is 0.00966. The highest BCUT2D eigenvalue weighted by molar-refractivity contribution is 7.10. The Bertz CT molecular complexity index is 861. The van der Waals surface area contributed by atoms with Gasteiger partial charge in [0.05, 0.1) is 6.04 Å². The first-order chi connectivity index (χ1) is 12.8. The third kappa shape index (κ3) is 3.71. The number of thiophene rings is 1. The normalized spacial score (nSPS) is 15.2. The summed E-state index contributed by atoms with van der Waals surface area (Å²) in [4.78, 5) is 16.3. The van der Waals surface area contributed by atoms with Crippen molar-refractivity contribution in [2.75, 3.05) is 13.1 Å². The number of hydrogen-bond acceptors (Lipinski definition) is 3. The zero-order valence-corrected chi connectivity index (χ0v) is 15.4. The maximum Gasteiger partial charge on any atom is 0.251 e. The van der Waals surface area contributed by atoms with E-state index in [-0.39, 0.29) is 11.9 Å². The standard InChI is InChI=1S/C22H22N2OS/c25-22(18-8-2-1-3-9-18)23-15-20(21-11-6-14-26-21)24-13-12-17-7-4-5-10-19(17)16-24/h1-11,14,20H,12-13,15-16H2,(H,23,25)/t20-/m0/s1. The van der Waals surface area contributed by atoms with Gasteiger partial charge in [0.25, 0.3) is 5.91 Å². The van der Waals surface area contributed by atoms with Crippen molar-refractivity contribution < 1.29 is 4.79 Å². The number of carbonyl (C=O) groups excluding carboxylic acids is 1. The number of carbonyl (C=O) groups is 1. The van der Waals surface area contributed by atoms with Crippen LogP contribution in [0.4, 0.5) is 0 Å². The summed E-state index contributed by atoms with van der Waals surface area (Å²) in [6.07, 6.45) is 1.06. The van der Waals surface area contributed by atoms with Crippen molar-refractivity contribution in [3.63, 3.8) is 0 Å². The van der Waals surface area contributed by atoms with Crippen LogP contribution in [0.15, 0.2) is 72.1 Å². The largest absolute Gasteiger partial charge is 0.350 e. The van der Waals surface area contributed by atoms with Crippen molar-refractivity contribution in [3.8, 4) is 0 Å². The number of nitrogens with one attached hydrogen (secondary N) is 1. The lowest BCUT2D eigenvalue weighted by molar-refractivity contribution is 0.0929. The predicted octanol–water partition coefficient (Wildman–Crippen LogP) is 4.28. The van der Waals surface area contributed by atoms with Gasteiger partial charge in [-0.3, -0.25) is 9.69 Å². The van der Waals surface area contributed by atoms with Crippen molar-refractivity contribution in [2.45, 2.75) is 19.0 Å². The van der Waals surface area contributed by atoms with E-state index < -0.39 is 0 Å². The van der Waals surface area contributed by atoms with Gasteiger partial charge in [-0.1, -0.05) is 48.5 Å². The first-order valence-electron chi connectivity index (χ1n) is 8.99. The third-order valence-corrected chi connectivity index (χ3v) is 5.94. The fraction of sp³-hybridized carbons (Fsp3) is 0.227. The van der Waals surface area contributed by atoms with Gasteiger partial charge in [-0.2, -0.15) is 0 Å². The number of hydrogen-bond donors (Lipinski definition) is 1. The molecule has 0 bridgehead atoms. The molecular formula is C22H22N2OS. The summed E-state index contributed by atoms with van der Waals surface area (Å²) in [5, 5.41) is 5.25. The molecule has 3 nitrogen and oxygen atoms in total. The van der Waals surface area contributed by atoms with Crippen LogP contribution in [0.25, 0.3) is 0 Å². The molecule has 1 amide bonds. The summed E-state index contributed by atoms with van der Waals surface area (Å²) in [7, 11) is 0. The number of nitrogens with zero attached hydrogens (tertiary/aromatic N) is 1. The van der Waals surface area contributed by atoms with E-state index >= 15 is 0 Å². The van der Waals surface area contributed by atoms with E-state index in [1.807, 2.05) is 30.3 Å². The van der Waals surface area contributed by atoms with Gasteiger partial charge < -0.3 is 5.32 Å². The molecule has 2 heterocycles. The average Bonchev–Trinajstić information content (AvgIpc) is 3.23. The Balaban J connectivity index is 1.50. The Hall–Kier alpha value is -2.43. The molecular weight excluding hydrogens is 340 g/mol. The van der Waals surface area contributed by atoms with Crippen molar-refractivity contribution in [1.82, 2.24) is 10.2 Å². The molecule has 2 aromatic carbocycles. The predicted molar refractivity (Wildman–Crippen MR) is 106 cm³/mol. The number of rotatable bonds is 5. The van der Waals surface area contributed by atoms with Crippen molar-refractivity contribution in [1.29, 1.82) is 0 Å². The van der Waals surface area contributed by atoms with E-state index in [1.165, 1.54) is 16.0 Å². The summed E-state index contributed by atoms with van der Waals surface area (Å²) >= 11 is 1.76. The van der Waals surface area contributed by atoms with Crippen LogP contribution >= 0.6 is 11.3 Å². The molecule has 0 radical (unpaired) electrons. The summed E-state index contributed by atoms with van der Waals surface area (Å²) in [5.41, 5.74) is 3.55. The molecule has 132 valence electrons. The Kier molecular flexibility index (Phi) is 5.14. The van der Waals surface area contributed by atoms with Gasteiger partial charge in [0.15, 0.2) is 0 Å². The minimum atomic E-state index is -0.00966. The minimum Gasteiger partial charge on any atom is -0.350 e. The van der Waals surface area contributed by atoms with Gasteiger partial charge >= 0.3 is 0 Å². The molecule has 3 aromatic rings. The highest BCUT2D eigenvalue weighted by Crippen LogP contribution is 2.30. The monoisotopic (exact) mass is 362 g/mol. The lowest BCUT2D eigenvalue weighted by Gasteiger charge is -2.35. The summed E-state index contributed by atoms with van der Waals surface area (Å²) in [6, 6.07) is 22.6. The average molecular weight is 362 g/mol. The smallest absolute Gasteiger partial charge is 0.251 e. The lowest BCUT2D eigenvalue weighted by Crippen LogP contribution is -2.40. The fourth-order valence-corrected chi connectivity index (χ4v) is 4.42. The van der Waals surface area contributed by atoms with Crippen LogP contribution in [0.5, 0.6) is 0 Å². The Labute approximate surface area is 158 Å². The van der Waals surface area contributed by atoms with Crippen molar-refractivity contribution in [3.05, 3.63) is 93.7 Å². The highest BCUT2D eigenvalue weighted by Gasteiger charge is 2.25. The molecule has 1 N–H and O–H groups in total. The molecule has 4 rings (SSSR count). The van der Waals surface area contributed by atoms with Crippen LogP contribution in [-0.2, 0) is 13.0 Å². The molecule has 0 aliphatic carbocycles. The summed E-state index contributed by atoms with van der Waals surface area (Å²) in [5.74, 6) is -0.00966. The second kappa shape index (κ2) is 7.85. The first-order valence-corrected chi connectivity index (χ1v) is 9.87. The Morgan fingerprint density at radius 1 is 1.00 bits per heavy atom. The lowest BCUT2D eigenvalue weighted by atomic mass is 9.98. The topological polar surface area (TPSA) is 32.3 Å². The van der Waals surface area contributed by atoms with Gasteiger partial charge in [0.1, 0.15) is 0 Å². The molecule has 0 spiro atoms. The van der Waals surface area contributed by atoms with Crippen LogP contribution in [0.2, 0.25) is 0 Å². The second-order valence-corrected chi connectivity index (χ2v) is 7.58. The number of fused-ring (bicyclic) bond motifs is 1. The number of benzene rings is 2. The van der Waals surface area contributed by atoms with E-state index in [9.17, 15) is 4.79 Å². The molecule has 0 saturated carbocycles. The molecule has 1 aromatic heterocycles. The van der Waals surface area contributed by atoms with Crippen LogP contribution < -0.4 is 5.32 Å². The molecule has 0 fully saturated rings. The molecule has 4 heteroatoms. The van der Waals surface area contributed by atoms with E-state index in [0.29, 0.717) is 12.1 Å². The Morgan fingerprint density at radius 3 is 2.54 bits per heavy atom. The van der Waals surface area contributed by atoms with Crippen LogP contribution in [0.1, 0.15) is 32.4 Å². The molecule has 26 heavy (non-hydrogen) atoms. The van der Waals surface area contributed by atoms with E-state index in [1.54, 1.807) is 11.3 Å². The maximum atomic E-state index is 12.5. The molecule has 1 aliphatic rings.